The van der Waals surface area contributed by atoms with Crippen molar-refractivity contribution >= 4 is 11.7 Å². The molecule has 1 N–H and O–H groups in total. The second-order valence-corrected chi connectivity index (χ2v) is 7.13. The summed E-state index contributed by atoms with van der Waals surface area (Å²) >= 11 is 0. The van der Waals surface area contributed by atoms with Crippen LogP contribution in [0.5, 0.6) is 0 Å². The summed E-state index contributed by atoms with van der Waals surface area (Å²) in [5, 5.41) is 2.82. The van der Waals surface area contributed by atoms with E-state index in [4.69, 9.17) is 0 Å². The van der Waals surface area contributed by atoms with Crippen LogP contribution in [0.25, 0.3) is 0 Å². The van der Waals surface area contributed by atoms with Gasteiger partial charge < -0.3 is 5.32 Å². The van der Waals surface area contributed by atoms with Crippen molar-refractivity contribution in [1.29, 1.82) is 0 Å². The van der Waals surface area contributed by atoms with Gasteiger partial charge >= 0.3 is 0 Å². The van der Waals surface area contributed by atoms with E-state index >= 15 is 0 Å². The first-order valence-electron chi connectivity index (χ1n) is 11.4. The van der Waals surface area contributed by atoms with Crippen molar-refractivity contribution in [3.8, 4) is 0 Å². The van der Waals surface area contributed by atoms with Gasteiger partial charge in [0.1, 0.15) is 0 Å². The lowest BCUT2D eigenvalue weighted by Crippen LogP contribution is -2.39. The van der Waals surface area contributed by atoms with Crippen molar-refractivity contribution < 1.29 is 9.59 Å². The molecule has 0 aromatic carbocycles. The first-order chi connectivity index (χ1) is 12.6. The average molecular weight is 370 g/mol. The Labute approximate surface area is 164 Å². The van der Waals surface area contributed by atoms with Crippen LogP contribution >= 0.6 is 0 Å². The summed E-state index contributed by atoms with van der Waals surface area (Å²) in [4.78, 5) is 23.0. The molecule has 1 unspecified atom stereocenters. The molecule has 0 bridgehead atoms. The fraction of sp³-hybridized carbons (Fsp3) is 0.913. The van der Waals surface area contributed by atoms with Gasteiger partial charge in [0, 0.05) is 6.42 Å². The summed E-state index contributed by atoms with van der Waals surface area (Å²) in [6.07, 6.45) is 18.3. The summed E-state index contributed by atoms with van der Waals surface area (Å²) in [5.41, 5.74) is 0. The van der Waals surface area contributed by atoms with Gasteiger partial charge in [-0.2, -0.15) is 0 Å². The topological polar surface area (TPSA) is 46.2 Å². The summed E-state index contributed by atoms with van der Waals surface area (Å²) in [6.45, 7) is 9.73. The zero-order valence-electron chi connectivity index (χ0n) is 18.5. The lowest BCUT2D eigenvalue weighted by Gasteiger charge is -2.13. The SMILES string of the molecule is CC.CCCCCCCCCCCCCCCC(=O)NC(CC)C(C)=O. The zero-order valence-corrected chi connectivity index (χ0v) is 18.5. The molecule has 0 heterocycles. The Hall–Kier alpha value is -0.860. The van der Waals surface area contributed by atoms with Crippen molar-refractivity contribution in [3.63, 3.8) is 0 Å². The predicted octanol–water partition coefficient (Wildman–Crippen LogP) is 6.98. The molecular formula is C23H47NO2. The summed E-state index contributed by atoms with van der Waals surface area (Å²) in [5.74, 6) is 0.0799. The number of carbonyl (C=O) groups excluding carboxylic acids is 2. The highest BCUT2D eigenvalue weighted by Gasteiger charge is 2.13. The van der Waals surface area contributed by atoms with Crippen LogP contribution < -0.4 is 5.32 Å². The summed E-state index contributed by atoms with van der Waals surface area (Å²) < 4.78 is 0. The molecule has 0 aromatic heterocycles. The molecule has 0 aliphatic rings. The Balaban J connectivity index is 0. The maximum Gasteiger partial charge on any atom is 0.220 e. The van der Waals surface area contributed by atoms with Gasteiger partial charge in [-0.25, -0.2) is 0 Å². The first kappa shape index (κ1) is 27.4. The van der Waals surface area contributed by atoms with Gasteiger partial charge in [-0.05, 0) is 19.8 Å². The molecule has 1 atom stereocenters. The summed E-state index contributed by atoms with van der Waals surface area (Å²) in [7, 11) is 0. The number of ketones is 1. The second-order valence-electron chi connectivity index (χ2n) is 7.13. The molecular weight excluding hydrogens is 322 g/mol. The van der Waals surface area contributed by atoms with Gasteiger partial charge in [-0.15, -0.1) is 0 Å². The number of hydrogen-bond donors (Lipinski definition) is 1. The molecule has 0 rings (SSSR count). The van der Waals surface area contributed by atoms with Crippen LogP contribution in [-0.2, 0) is 9.59 Å². The van der Waals surface area contributed by atoms with E-state index in [0.29, 0.717) is 12.8 Å². The highest BCUT2D eigenvalue weighted by molar-refractivity contribution is 5.87. The van der Waals surface area contributed by atoms with Gasteiger partial charge in [-0.1, -0.05) is 105 Å². The second kappa shape index (κ2) is 22.2. The Kier molecular flexibility index (Phi) is 23.3. The van der Waals surface area contributed by atoms with Gasteiger partial charge in [0.2, 0.25) is 5.91 Å². The number of hydrogen-bond acceptors (Lipinski definition) is 2. The average Bonchev–Trinajstić information content (AvgIpc) is 2.65. The molecule has 0 radical (unpaired) electrons. The lowest BCUT2D eigenvalue weighted by molar-refractivity contribution is -0.127. The van der Waals surface area contributed by atoms with Crippen LogP contribution in [-0.4, -0.2) is 17.7 Å². The van der Waals surface area contributed by atoms with Crippen LogP contribution in [0, 0.1) is 0 Å². The Morgan fingerprint density at radius 1 is 0.692 bits per heavy atom. The van der Waals surface area contributed by atoms with Crippen molar-refractivity contribution in [2.24, 2.45) is 0 Å². The summed E-state index contributed by atoms with van der Waals surface area (Å²) in [6, 6.07) is -0.292. The van der Waals surface area contributed by atoms with Gasteiger partial charge in [0.15, 0.2) is 5.78 Å². The van der Waals surface area contributed by atoms with Gasteiger partial charge in [0.05, 0.1) is 6.04 Å². The molecule has 0 aliphatic heterocycles. The van der Waals surface area contributed by atoms with E-state index in [1.165, 1.54) is 70.6 Å². The number of nitrogens with one attached hydrogen (secondary N) is 1. The molecule has 0 aliphatic carbocycles. The zero-order chi connectivity index (χ0) is 20.0. The van der Waals surface area contributed by atoms with E-state index in [9.17, 15) is 9.59 Å². The number of rotatable bonds is 17. The van der Waals surface area contributed by atoms with Crippen LogP contribution in [0.2, 0.25) is 0 Å². The number of Topliss-reactive ketones (excluding diaryl/α,β-unsaturated/α-hetero) is 1. The number of carbonyl (C=O) groups is 2. The third-order valence-corrected chi connectivity index (χ3v) is 4.74. The minimum atomic E-state index is -0.292. The maximum absolute atomic E-state index is 11.8. The molecule has 0 saturated carbocycles. The molecule has 0 fully saturated rings. The minimum absolute atomic E-state index is 0.0279. The Bertz CT molecular complexity index is 315. The smallest absolute Gasteiger partial charge is 0.220 e. The van der Waals surface area contributed by atoms with Crippen molar-refractivity contribution in [2.45, 2.75) is 137 Å². The fourth-order valence-corrected chi connectivity index (χ4v) is 3.06. The predicted molar refractivity (Wildman–Crippen MR) is 115 cm³/mol. The standard InChI is InChI=1S/C21H41NO2.C2H6/c1-4-6-7-8-9-10-11-12-13-14-15-16-17-18-21(24)22-20(5-2)19(3)23;1-2/h20H,4-18H2,1-3H3,(H,22,24);1-2H3. The van der Waals surface area contributed by atoms with Crippen LogP contribution in [0.4, 0.5) is 0 Å². The highest BCUT2D eigenvalue weighted by Crippen LogP contribution is 2.13. The van der Waals surface area contributed by atoms with Crippen molar-refractivity contribution in [3.05, 3.63) is 0 Å². The highest BCUT2D eigenvalue weighted by atomic mass is 16.2. The van der Waals surface area contributed by atoms with E-state index < -0.39 is 0 Å². The molecule has 0 saturated heterocycles. The third kappa shape index (κ3) is 19.5. The van der Waals surface area contributed by atoms with Crippen LogP contribution in [0.3, 0.4) is 0 Å². The molecule has 1 amide bonds. The first-order valence-corrected chi connectivity index (χ1v) is 11.4. The van der Waals surface area contributed by atoms with Crippen LogP contribution in [0.1, 0.15) is 131 Å². The molecule has 0 aromatic rings. The Morgan fingerprint density at radius 3 is 1.42 bits per heavy atom. The lowest BCUT2D eigenvalue weighted by atomic mass is 10.0. The van der Waals surface area contributed by atoms with Crippen LogP contribution in [0.15, 0.2) is 0 Å². The largest absolute Gasteiger partial charge is 0.346 e. The number of unbranched alkanes of at least 4 members (excludes halogenated alkanes) is 12. The normalized spacial score (nSPS) is 11.4. The monoisotopic (exact) mass is 369 g/mol. The van der Waals surface area contributed by atoms with Crippen molar-refractivity contribution in [1.82, 2.24) is 5.32 Å². The maximum atomic E-state index is 11.8. The minimum Gasteiger partial charge on any atom is -0.346 e. The molecule has 3 nitrogen and oxygen atoms in total. The van der Waals surface area contributed by atoms with Gasteiger partial charge in [-0.3, -0.25) is 9.59 Å². The quantitative estimate of drug-likeness (QED) is 0.281. The van der Waals surface area contributed by atoms with Crippen molar-refractivity contribution in [2.75, 3.05) is 0 Å². The van der Waals surface area contributed by atoms with E-state index in [1.807, 2.05) is 20.8 Å². The molecule has 3 heteroatoms. The Morgan fingerprint density at radius 2 is 1.08 bits per heavy atom. The molecule has 26 heavy (non-hydrogen) atoms. The van der Waals surface area contributed by atoms with Gasteiger partial charge in [0.25, 0.3) is 0 Å². The molecule has 0 spiro atoms. The van der Waals surface area contributed by atoms with E-state index in [0.717, 1.165) is 12.8 Å². The number of amides is 1. The molecule has 156 valence electrons. The van der Waals surface area contributed by atoms with E-state index in [2.05, 4.69) is 12.2 Å². The van der Waals surface area contributed by atoms with E-state index in [-0.39, 0.29) is 17.7 Å². The fourth-order valence-electron chi connectivity index (χ4n) is 3.06. The van der Waals surface area contributed by atoms with E-state index in [1.54, 1.807) is 6.92 Å². The third-order valence-electron chi connectivity index (χ3n) is 4.74.